The number of amides is 2. The number of anilines is 1. The quantitative estimate of drug-likeness (QED) is 0.287. The van der Waals surface area contributed by atoms with E-state index in [1.165, 1.54) is 13.2 Å². The summed E-state index contributed by atoms with van der Waals surface area (Å²) in [6.45, 7) is 0. The molecule has 0 aromatic heterocycles. The molecule has 4 atom stereocenters. The summed E-state index contributed by atoms with van der Waals surface area (Å²) in [7, 11) is -4.41. The van der Waals surface area contributed by atoms with Crippen molar-refractivity contribution >= 4 is 33.3 Å². The van der Waals surface area contributed by atoms with Crippen LogP contribution in [-0.2, 0) is 19.4 Å². The van der Waals surface area contributed by atoms with Crippen molar-refractivity contribution in [1.82, 2.24) is 5.32 Å². The molecule has 11 nitrogen and oxygen atoms in total. The van der Waals surface area contributed by atoms with Crippen LogP contribution in [0.4, 0.5) is 23.2 Å². The van der Waals surface area contributed by atoms with Gasteiger partial charge in [-0.3, -0.25) is 9.59 Å². The molecule has 3 fully saturated rings. The Kier molecular flexibility index (Phi) is 8.98. The first-order chi connectivity index (χ1) is 21.5. The van der Waals surface area contributed by atoms with Crippen LogP contribution >= 0.6 is 0 Å². The lowest BCUT2D eigenvalue weighted by Gasteiger charge is -2.33. The maximum Gasteiger partial charge on any atom is 0.501 e. The average molecular weight is 673 g/mol. The zero-order chi connectivity index (χ0) is 33.6. The predicted molar refractivity (Wildman–Crippen MR) is 152 cm³/mol. The number of nitrogens with one attached hydrogen (secondary N) is 2. The number of ether oxygens (including phenoxy) is 2. The molecule has 2 amide bonds. The van der Waals surface area contributed by atoms with Gasteiger partial charge in [-0.25, -0.2) is 17.6 Å². The lowest BCUT2D eigenvalue weighted by atomic mass is 9.83. The number of benzene rings is 2. The minimum Gasteiger partial charge on any atom is -0.496 e. The monoisotopic (exact) mass is 672 g/mol. The first-order valence-corrected chi connectivity index (χ1v) is 16.1. The largest absolute Gasteiger partial charge is 0.501 e. The van der Waals surface area contributed by atoms with Crippen LogP contribution in [0, 0.1) is 23.6 Å². The Balaban J connectivity index is 1.32. The van der Waals surface area contributed by atoms with Gasteiger partial charge in [0.1, 0.15) is 5.75 Å². The van der Waals surface area contributed by atoms with Gasteiger partial charge in [0.25, 0.3) is 15.7 Å². The van der Waals surface area contributed by atoms with Crippen molar-refractivity contribution in [3.63, 3.8) is 0 Å². The third-order valence-electron chi connectivity index (χ3n) is 9.18. The molecular formula is C30H32F4N2O9S. The smallest absolute Gasteiger partial charge is 0.496 e. The minimum atomic E-state index is -5.64. The maximum atomic E-state index is 15.0. The number of rotatable bonds is 9. The van der Waals surface area contributed by atoms with E-state index in [0.717, 1.165) is 30.3 Å². The van der Waals surface area contributed by atoms with Crippen LogP contribution in [0.25, 0.3) is 0 Å². The number of aliphatic hydroxyl groups is 1. The summed E-state index contributed by atoms with van der Waals surface area (Å²) in [5.74, 6) is -4.92. The number of carboxylic acid groups (broad SMARTS) is 1. The number of alkyl halides is 3. The molecular weight excluding hydrogens is 640 g/mol. The number of carbonyl (C=O) groups excluding carboxylic acids is 2. The number of hydrogen-bond donors (Lipinski definition) is 4. The van der Waals surface area contributed by atoms with E-state index in [-0.39, 0.29) is 60.3 Å². The highest BCUT2D eigenvalue weighted by atomic mass is 32.2. The average Bonchev–Trinajstić information content (AvgIpc) is 3.60. The first-order valence-electron chi connectivity index (χ1n) is 14.6. The number of carbonyl (C=O) groups is 3. The van der Waals surface area contributed by atoms with Gasteiger partial charge < -0.3 is 30.3 Å². The van der Waals surface area contributed by atoms with E-state index < -0.39 is 67.5 Å². The molecule has 3 saturated carbocycles. The van der Waals surface area contributed by atoms with Gasteiger partial charge in [-0.05, 0) is 81.0 Å². The third-order valence-corrected chi connectivity index (χ3v) is 10.7. The summed E-state index contributed by atoms with van der Waals surface area (Å²) < 4.78 is 88.8. The van der Waals surface area contributed by atoms with E-state index in [2.05, 4.69) is 10.6 Å². The highest BCUT2D eigenvalue weighted by Gasteiger charge is 2.52. The summed E-state index contributed by atoms with van der Waals surface area (Å²) in [5, 5.41) is 24.8. The summed E-state index contributed by atoms with van der Waals surface area (Å²) in [6.07, 6.45) is 1.41. The van der Waals surface area contributed by atoms with Crippen molar-refractivity contribution in [2.24, 2.45) is 17.8 Å². The van der Waals surface area contributed by atoms with Crippen LogP contribution in [-0.4, -0.2) is 66.8 Å². The van der Waals surface area contributed by atoms with Crippen LogP contribution in [0.1, 0.15) is 55.3 Å². The lowest BCUT2D eigenvalue weighted by Crippen LogP contribution is -2.48. The van der Waals surface area contributed by atoms with E-state index in [1.54, 1.807) is 0 Å². The molecule has 3 aliphatic carbocycles. The molecule has 46 heavy (non-hydrogen) atoms. The third kappa shape index (κ3) is 6.36. The van der Waals surface area contributed by atoms with Gasteiger partial charge in [-0.1, -0.05) is 6.07 Å². The lowest BCUT2D eigenvalue weighted by molar-refractivity contribution is -0.163. The van der Waals surface area contributed by atoms with E-state index in [0.29, 0.717) is 19.3 Å². The fourth-order valence-corrected chi connectivity index (χ4v) is 7.56. The fraction of sp³-hybridized carbons (Fsp3) is 0.500. The van der Waals surface area contributed by atoms with Crippen LogP contribution in [0.15, 0.2) is 41.3 Å². The van der Waals surface area contributed by atoms with Crippen molar-refractivity contribution in [1.29, 1.82) is 0 Å². The molecule has 0 unspecified atom stereocenters. The molecule has 2 bridgehead atoms. The number of methoxy groups -OCH3 is 1. The number of sulfone groups is 1. The highest BCUT2D eigenvalue weighted by Crippen LogP contribution is 2.49. The Labute approximate surface area is 261 Å². The topological polar surface area (TPSA) is 168 Å². The van der Waals surface area contributed by atoms with Crippen molar-refractivity contribution in [2.45, 2.75) is 73.1 Å². The van der Waals surface area contributed by atoms with Gasteiger partial charge in [0.15, 0.2) is 17.2 Å². The molecule has 0 aliphatic heterocycles. The molecule has 16 heteroatoms. The molecule has 2 aromatic carbocycles. The van der Waals surface area contributed by atoms with Gasteiger partial charge in [0.05, 0.1) is 29.6 Å². The summed E-state index contributed by atoms with van der Waals surface area (Å²) >= 11 is 0. The van der Waals surface area contributed by atoms with E-state index in [4.69, 9.17) is 9.47 Å². The number of carboxylic acids is 1. The molecule has 0 radical (unpaired) electrons. The number of fused-ring (bicyclic) bond motifs is 2. The van der Waals surface area contributed by atoms with Gasteiger partial charge in [-0.2, -0.15) is 13.2 Å². The maximum absolute atomic E-state index is 15.0. The molecule has 3 aliphatic rings. The second kappa shape index (κ2) is 12.4. The summed E-state index contributed by atoms with van der Waals surface area (Å²) in [5.41, 5.74) is -7.67. The van der Waals surface area contributed by atoms with Gasteiger partial charge >= 0.3 is 11.5 Å². The molecule has 0 heterocycles. The normalized spacial score (nSPS) is 27.6. The Hall–Kier alpha value is -3.92. The second-order valence-corrected chi connectivity index (χ2v) is 13.9. The summed E-state index contributed by atoms with van der Waals surface area (Å²) in [6, 6.07) is 5.25. The van der Waals surface area contributed by atoms with Crippen LogP contribution in [0.3, 0.4) is 0 Å². The molecule has 5 rings (SSSR count). The Morgan fingerprint density at radius 2 is 1.67 bits per heavy atom. The van der Waals surface area contributed by atoms with Crippen LogP contribution in [0.2, 0.25) is 0 Å². The highest BCUT2D eigenvalue weighted by molar-refractivity contribution is 7.92. The van der Waals surface area contributed by atoms with Crippen molar-refractivity contribution in [3.8, 4) is 11.5 Å². The van der Waals surface area contributed by atoms with Crippen molar-refractivity contribution in [3.05, 3.63) is 47.8 Å². The van der Waals surface area contributed by atoms with Gasteiger partial charge in [0, 0.05) is 17.8 Å². The Morgan fingerprint density at radius 1 is 1.00 bits per heavy atom. The SMILES string of the molecule is COc1cc(F)c(O[C@H]2CC[C@@](O)(C(=O)O)CC2)cc1C(=O)N[C@H]1[C@H]2CC[C@H](C2)[C@H]1C(=O)Nc1cccc(S(=O)(=O)C(F)(F)F)c1. The molecule has 0 saturated heterocycles. The standard InChI is InChI=1S/C30H32F4N2O9S/c1-44-22-14-21(31)23(45-18-7-9-29(41,10-8-18)28(39)40)13-20(22)26(37)36-25-16-6-5-15(11-16)24(25)27(38)35-17-3-2-4-19(12-17)46(42,43)30(32,33)34/h2-4,12-16,18,24-25,41H,5-11H2,1H3,(H,35,38)(H,36,37)(H,39,40)/t15-,16+,18-,24-,25+,29-/m1/s1. The number of halogens is 4. The summed E-state index contributed by atoms with van der Waals surface area (Å²) in [4.78, 5) is 37.3. The van der Waals surface area contributed by atoms with Crippen molar-refractivity contribution in [2.75, 3.05) is 12.4 Å². The van der Waals surface area contributed by atoms with Crippen LogP contribution in [0.5, 0.6) is 11.5 Å². The Bertz CT molecular complexity index is 1640. The van der Waals surface area contributed by atoms with Crippen LogP contribution < -0.4 is 20.1 Å². The first kappa shape index (κ1) is 33.4. The van der Waals surface area contributed by atoms with Gasteiger partial charge in [0.2, 0.25) is 5.91 Å². The number of hydrogen-bond acceptors (Lipinski definition) is 8. The van der Waals surface area contributed by atoms with Crippen molar-refractivity contribution < 1.29 is 60.0 Å². The van der Waals surface area contributed by atoms with Gasteiger partial charge in [-0.15, -0.1) is 0 Å². The minimum absolute atomic E-state index is 0.0938. The molecule has 250 valence electrons. The molecule has 2 aromatic rings. The predicted octanol–water partition coefficient (Wildman–Crippen LogP) is 4.05. The zero-order valence-electron chi connectivity index (χ0n) is 24.5. The molecule has 0 spiro atoms. The second-order valence-electron chi connectivity index (χ2n) is 12.0. The van der Waals surface area contributed by atoms with E-state index in [1.807, 2.05) is 0 Å². The van der Waals surface area contributed by atoms with E-state index >= 15 is 0 Å². The molecule has 4 N–H and O–H groups in total. The number of aliphatic carboxylic acids is 1. The van der Waals surface area contributed by atoms with E-state index in [9.17, 15) is 50.6 Å². The zero-order valence-corrected chi connectivity index (χ0v) is 25.3. The Morgan fingerprint density at radius 3 is 2.30 bits per heavy atom. The fourth-order valence-electron chi connectivity index (χ4n) is 6.76.